The third-order valence-electron chi connectivity index (χ3n) is 3.89. The van der Waals surface area contributed by atoms with Crippen molar-refractivity contribution in [3.8, 4) is 17.2 Å². The number of hydrogen-bond donors (Lipinski definition) is 0. The van der Waals surface area contributed by atoms with Gasteiger partial charge in [-0.1, -0.05) is 13.2 Å². The minimum absolute atomic E-state index is 0.326. The maximum Gasteiger partial charge on any atom is 0.335 e. The molecule has 132 valence electrons. The van der Waals surface area contributed by atoms with Crippen LogP contribution in [-0.4, -0.2) is 19.0 Å². The van der Waals surface area contributed by atoms with E-state index in [1.165, 1.54) is 18.4 Å². The third-order valence-corrected chi connectivity index (χ3v) is 5.22. The average Bonchev–Trinajstić information content (AvgIpc) is 3.03. The van der Waals surface area contributed by atoms with Crippen molar-refractivity contribution in [2.75, 3.05) is 7.11 Å². The fourth-order valence-electron chi connectivity index (χ4n) is 2.66. The molecular formula is C20H16O5S. The average molecular weight is 368 g/mol. The molecule has 0 aliphatic carbocycles. The molecule has 1 aromatic heterocycles. The van der Waals surface area contributed by atoms with Crippen molar-refractivity contribution in [2.45, 2.75) is 6.92 Å². The Hall–Kier alpha value is -3.12. The van der Waals surface area contributed by atoms with Crippen LogP contribution in [0.25, 0.3) is 20.2 Å². The number of carbonyl (C=O) groups is 2. The van der Waals surface area contributed by atoms with Crippen LogP contribution in [-0.2, 0) is 9.59 Å². The zero-order valence-corrected chi connectivity index (χ0v) is 15.1. The van der Waals surface area contributed by atoms with Gasteiger partial charge in [0, 0.05) is 33.2 Å². The molecule has 0 bridgehead atoms. The quantitative estimate of drug-likeness (QED) is 0.375. The van der Waals surface area contributed by atoms with Crippen LogP contribution in [0.2, 0.25) is 0 Å². The van der Waals surface area contributed by atoms with Crippen LogP contribution < -0.4 is 14.2 Å². The molecule has 0 spiro atoms. The number of ether oxygens (including phenoxy) is 3. The molecule has 6 heteroatoms. The lowest BCUT2D eigenvalue weighted by molar-refractivity contribution is -0.129. The number of rotatable bonds is 5. The first-order chi connectivity index (χ1) is 12.5. The van der Waals surface area contributed by atoms with Crippen LogP contribution in [0.4, 0.5) is 0 Å². The number of esters is 2. The smallest absolute Gasteiger partial charge is 0.335 e. The van der Waals surface area contributed by atoms with Gasteiger partial charge in [0.15, 0.2) is 11.5 Å². The van der Waals surface area contributed by atoms with Crippen molar-refractivity contribution in [3.05, 3.63) is 55.1 Å². The van der Waals surface area contributed by atoms with E-state index in [0.29, 0.717) is 17.2 Å². The molecule has 3 aromatic rings. The van der Waals surface area contributed by atoms with E-state index in [9.17, 15) is 9.59 Å². The van der Waals surface area contributed by atoms with Gasteiger partial charge in [-0.15, -0.1) is 11.3 Å². The molecule has 0 radical (unpaired) electrons. The van der Waals surface area contributed by atoms with E-state index in [1.54, 1.807) is 12.1 Å². The second kappa shape index (κ2) is 7.01. The predicted octanol–water partition coefficient (Wildman–Crippen LogP) is 4.55. The first kappa shape index (κ1) is 17.7. The van der Waals surface area contributed by atoms with E-state index >= 15 is 0 Å². The Kier molecular flexibility index (Phi) is 4.77. The van der Waals surface area contributed by atoms with Crippen molar-refractivity contribution in [1.82, 2.24) is 0 Å². The van der Waals surface area contributed by atoms with E-state index in [4.69, 9.17) is 14.2 Å². The Morgan fingerprint density at radius 1 is 0.923 bits per heavy atom. The molecule has 26 heavy (non-hydrogen) atoms. The number of methoxy groups -OCH3 is 1. The highest BCUT2D eigenvalue weighted by Crippen LogP contribution is 2.46. The number of carbonyl (C=O) groups excluding carboxylic acids is 2. The molecule has 3 rings (SSSR count). The van der Waals surface area contributed by atoms with Gasteiger partial charge in [0.2, 0.25) is 0 Å². The summed E-state index contributed by atoms with van der Waals surface area (Å²) in [5, 5.41) is 1.96. The highest BCUT2D eigenvalue weighted by atomic mass is 32.1. The minimum atomic E-state index is -0.557. The van der Waals surface area contributed by atoms with Gasteiger partial charge in [-0.05, 0) is 31.2 Å². The lowest BCUT2D eigenvalue weighted by Crippen LogP contribution is -2.04. The van der Waals surface area contributed by atoms with Gasteiger partial charge in [-0.2, -0.15) is 0 Å². The second-order valence-corrected chi connectivity index (χ2v) is 6.41. The third kappa shape index (κ3) is 2.95. The summed E-state index contributed by atoms with van der Waals surface area (Å²) in [6, 6.07) is 7.21. The standard InChI is InChI=1S/C20H16O5S/c1-5-16(21)24-14-9-7-12-13-8-10-15(25-17(22)6-2)18(23-4)20(13)26-19(12)11(14)3/h5-10H,1-2H2,3-4H3. The maximum atomic E-state index is 11.5. The lowest BCUT2D eigenvalue weighted by atomic mass is 10.1. The molecule has 1 heterocycles. The fourth-order valence-corrected chi connectivity index (χ4v) is 3.97. The van der Waals surface area contributed by atoms with Crippen molar-refractivity contribution in [2.24, 2.45) is 0 Å². The van der Waals surface area contributed by atoms with Crippen LogP contribution in [0.3, 0.4) is 0 Å². The van der Waals surface area contributed by atoms with E-state index < -0.39 is 11.9 Å². The number of aryl methyl sites for hydroxylation is 1. The first-order valence-corrected chi connectivity index (χ1v) is 8.53. The molecule has 0 amide bonds. The van der Waals surface area contributed by atoms with Crippen molar-refractivity contribution >= 4 is 43.4 Å². The molecular weight excluding hydrogens is 352 g/mol. The SMILES string of the molecule is C=CC(=O)Oc1ccc2c(sc3c(OC)c(OC(=O)C=C)ccc32)c1C. The number of benzene rings is 2. The Balaban J connectivity index is 2.21. The summed E-state index contributed by atoms with van der Waals surface area (Å²) in [5.41, 5.74) is 0.839. The van der Waals surface area contributed by atoms with Gasteiger partial charge in [0.25, 0.3) is 0 Å². The molecule has 0 atom stereocenters. The Morgan fingerprint density at radius 2 is 1.46 bits per heavy atom. The summed E-state index contributed by atoms with van der Waals surface area (Å²) in [6.07, 6.45) is 2.22. The van der Waals surface area contributed by atoms with E-state index in [0.717, 1.165) is 37.9 Å². The molecule has 5 nitrogen and oxygen atoms in total. The van der Waals surface area contributed by atoms with Gasteiger partial charge < -0.3 is 14.2 Å². The highest BCUT2D eigenvalue weighted by molar-refractivity contribution is 7.26. The van der Waals surface area contributed by atoms with Crippen molar-refractivity contribution < 1.29 is 23.8 Å². The summed E-state index contributed by atoms with van der Waals surface area (Å²) in [5.74, 6) is 0.213. The van der Waals surface area contributed by atoms with E-state index in [2.05, 4.69) is 13.2 Å². The van der Waals surface area contributed by atoms with E-state index in [1.807, 2.05) is 19.1 Å². The molecule has 0 saturated heterocycles. The molecule has 0 N–H and O–H groups in total. The largest absolute Gasteiger partial charge is 0.491 e. The minimum Gasteiger partial charge on any atom is -0.491 e. The maximum absolute atomic E-state index is 11.5. The molecule has 0 aliphatic heterocycles. The molecule has 0 unspecified atom stereocenters. The topological polar surface area (TPSA) is 61.8 Å². The molecule has 0 saturated carbocycles. The zero-order valence-electron chi connectivity index (χ0n) is 14.3. The zero-order chi connectivity index (χ0) is 18.8. The van der Waals surface area contributed by atoms with Gasteiger partial charge in [-0.3, -0.25) is 0 Å². The summed E-state index contributed by atoms with van der Waals surface area (Å²) in [7, 11) is 1.52. The van der Waals surface area contributed by atoms with Gasteiger partial charge in [0.1, 0.15) is 5.75 Å². The Bertz CT molecular complexity index is 1060. The summed E-state index contributed by atoms with van der Waals surface area (Å²) in [4.78, 5) is 23.0. The normalized spacial score (nSPS) is 10.5. The van der Waals surface area contributed by atoms with Crippen LogP contribution in [0.1, 0.15) is 5.56 Å². The van der Waals surface area contributed by atoms with Crippen LogP contribution in [0, 0.1) is 6.92 Å². The first-order valence-electron chi connectivity index (χ1n) is 7.71. The summed E-state index contributed by atoms with van der Waals surface area (Å²) < 4.78 is 17.8. The Morgan fingerprint density at radius 3 is 2.04 bits per heavy atom. The van der Waals surface area contributed by atoms with Crippen LogP contribution in [0.5, 0.6) is 17.2 Å². The van der Waals surface area contributed by atoms with Gasteiger partial charge in [-0.25, -0.2) is 9.59 Å². The highest BCUT2D eigenvalue weighted by Gasteiger charge is 2.18. The number of thiophene rings is 1. The van der Waals surface area contributed by atoms with Crippen molar-refractivity contribution in [1.29, 1.82) is 0 Å². The Labute approximate surface area is 154 Å². The van der Waals surface area contributed by atoms with E-state index in [-0.39, 0.29) is 0 Å². The van der Waals surface area contributed by atoms with Gasteiger partial charge in [0.05, 0.1) is 11.8 Å². The van der Waals surface area contributed by atoms with Crippen LogP contribution >= 0.6 is 11.3 Å². The van der Waals surface area contributed by atoms with Crippen molar-refractivity contribution in [3.63, 3.8) is 0 Å². The lowest BCUT2D eigenvalue weighted by Gasteiger charge is -2.08. The summed E-state index contributed by atoms with van der Waals surface area (Å²) >= 11 is 1.48. The molecule has 0 aliphatic rings. The second-order valence-electron chi connectivity index (χ2n) is 5.39. The molecule has 0 fully saturated rings. The molecule has 2 aromatic carbocycles. The van der Waals surface area contributed by atoms with Crippen LogP contribution in [0.15, 0.2) is 49.6 Å². The number of fused-ring (bicyclic) bond motifs is 3. The fraction of sp³-hybridized carbons (Fsp3) is 0.100. The number of hydrogen-bond acceptors (Lipinski definition) is 6. The monoisotopic (exact) mass is 368 g/mol. The van der Waals surface area contributed by atoms with Gasteiger partial charge >= 0.3 is 11.9 Å². The predicted molar refractivity (Wildman–Crippen MR) is 102 cm³/mol. The summed E-state index contributed by atoms with van der Waals surface area (Å²) in [6.45, 7) is 8.69.